The largest absolute Gasteiger partial charge is 0.306 e. The number of likely N-dealkylation sites (tertiary alicyclic amines) is 1. The summed E-state index contributed by atoms with van der Waals surface area (Å²) in [5.41, 5.74) is 0. The molecule has 4 aliphatic heterocycles. The predicted octanol–water partition coefficient (Wildman–Crippen LogP) is 1.81. The molecule has 4 rings (SSSR count). The SMILES string of the molecule is C1CN2CCC1CC2.CN1CCCC1. The van der Waals surface area contributed by atoms with Gasteiger partial charge in [-0.15, -0.1) is 0 Å². The summed E-state index contributed by atoms with van der Waals surface area (Å²) in [6.45, 7) is 6.82. The molecule has 2 nitrogen and oxygen atoms in total. The van der Waals surface area contributed by atoms with E-state index in [2.05, 4.69) is 16.8 Å². The molecule has 2 bridgehead atoms. The number of fused-ring (bicyclic) bond motifs is 3. The molecule has 0 radical (unpaired) electrons. The third-order valence-electron chi connectivity index (χ3n) is 3.89. The average molecular weight is 196 g/mol. The van der Waals surface area contributed by atoms with Gasteiger partial charge < -0.3 is 9.80 Å². The third kappa shape index (κ3) is 2.96. The van der Waals surface area contributed by atoms with Gasteiger partial charge in [-0.1, -0.05) is 0 Å². The fraction of sp³-hybridized carbons (Fsp3) is 1.00. The van der Waals surface area contributed by atoms with Crippen molar-refractivity contribution in [3.8, 4) is 0 Å². The molecule has 0 saturated carbocycles. The van der Waals surface area contributed by atoms with Crippen LogP contribution in [0.4, 0.5) is 0 Å². The Hall–Kier alpha value is -0.0800. The van der Waals surface area contributed by atoms with Crippen molar-refractivity contribution in [2.45, 2.75) is 32.1 Å². The molecule has 4 saturated heterocycles. The topological polar surface area (TPSA) is 6.48 Å². The summed E-state index contributed by atoms with van der Waals surface area (Å²) in [5, 5.41) is 0. The summed E-state index contributed by atoms with van der Waals surface area (Å²) >= 11 is 0. The van der Waals surface area contributed by atoms with Crippen LogP contribution in [0.5, 0.6) is 0 Å². The van der Waals surface area contributed by atoms with Gasteiger partial charge in [-0.2, -0.15) is 0 Å². The van der Waals surface area contributed by atoms with Gasteiger partial charge in [0.05, 0.1) is 0 Å². The molecular formula is C12H24N2. The first-order valence-electron chi connectivity index (χ1n) is 6.25. The number of hydrogen-bond acceptors (Lipinski definition) is 2. The molecule has 4 fully saturated rings. The van der Waals surface area contributed by atoms with E-state index in [-0.39, 0.29) is 0 Å². The van der Waals surface area contributed by atoms with Crippen LogP contribution in [0.15, 0.2) is 0 Å². The Balaban J connectivity index is 0.000000112. The first kappa shape index (κ1) is 10.4. The third-order valence-corrected chi connectivity index (χ3v) is 3.89. The summed E-state index contributed by atoms with van der Waals surface area (Å²) in [6, 6.07) is 0. The highest BCUT2D eigenvalue weighted by Crippen LogP contribution is 2.26. The normalized spacial score (nSPS) is 36.6. The van der Waals surface area contributed by atoms with E-state index in [0.717, 1.165) is 5.92 Å². The molecule has 0 N–H and O–H groups in total. The molecule has 82 valence electrons. The minimum Gasteiger partial charge on any atom is -0.306 e. The number of hydrogen-bond donors (Lipinski definition) is 0. The summed E-state index contributed by atoms with van der Waals surface area (Å²) in [4.78, 5) is 4.94. The standard InChI is InChI=1S/C7H13N.C5H11N/c1-4-8-5-2-7(1)3-6-8;1-6-4-2-3-5-6/h7H,1-6H2;2-5H2,1H3. The van der Waals surface area contributed by atoms with E-state index < -0.39 is 0 Å². The lowest BCUT2D eigenvalue weighted by molar-refractivity contribution is 0.111. The van der Waals surface area contributed by atoms with E-state index in [4.69, 9.17) is 0 Å². The molecule has 14 heavy (non-hydrogen) atoms. The van der Waals surface area contributed by atoms with Crippen molar-refractivity contribution in [2.24, 2.45) is 5.92 Å². The van der Waals surface area contributed by atoms with Gasteiger partial charge in [0.2, 0.25) is 0 Å². The first-order chi connectivity index (χ1) is 6.84. The van der Waals surface area contributed by atoms with Crippen LogP contribution in [0.25, 0.3) is 0 Å². The second-order valence-electron chi connectivity index (χ2n) is 5.08. The molecule has 0 unspecified atom stereocenters. The molecule has 0 atom stereocenters. The number of nitrogens with zero attached hydrogens (tertiary/aromatic N) is 2. The number of rotatable bonds is 0. The highest BCUT2D eigenvalue weighted by Gasteiger charge is 2.24. The van der Waals surface area contributed by atoms with E-state index in [0.29, 0.717) is 0 Å². The zero-order valence-electron chi connectivity index (χ0n) is 9.54. The van der Waals surface area contributed by atoms with Crippen LogP contribution >= 0.6 is 0 Å². The van der Waals surface area contributed by atoms with Crippen molar-refractivity contribution in [2.75, 3.05) is 39.8 Å². The van der Waals surface area contributed by atoms with Crippen LogP contribution in [0.1, 0.15) is 32.1 Å². The average Bonchev–Trinajstić information content (AvgIpc) is 2.73. The Bertz CT molecular complexity index is 133. The van der Waals surface area contributed by atoms with E-state index in [1.165, 1.54) is 64.8 Å². The zero-order chi connectivity index (χ0) is 9.80. The molecule has 0 amide bonds. The van der Waals surface area contributed by atoms with E-state index >= 15 is 0 Å². The Labute approximate surface area is 88.3 Å². The summed E-state index contributed by atoms with van der Waals surface area (Å²) in [5.74, 6) is 1.11. The lowest BCUT2D eigenvalue weighted by Crippen LogP contribution is -2.41. The fourth-order valence-corrected chi connectivity index (χ4v) is 2.74. The van der Waals surface area contributed by atoms with E-state index in [1.807, 2.05) is 0 Å². The molecule has 0 aromatic heterocycles. The first-order valence-corrected chi connectivity index (χ1v) is 6.25. The van der Waals surface area contributed by atoms with Crippen molar-refractivity contribution in [1.29, 1.82) is 0 Å². The highest BCUT2D eigenvalue weighted by molar-refractivity contribution is 4.78. The lowest BCUT2D eigenvalue weighted by Gasteiger charge is -2.38. The van der Waals surface area contributed by atoms with Gasteiger partial charge >= 0.3 is 0 Å². The maximum atomic E-state index is 2.58. The molecule has 0 aromatic carbocycles. The zero-order valence-corrected chi connectivity index (χ0v) is 9.54. The van der Waals surface area contributed by atoms with Crippen LogP contribution in [0.3, 0.4) is 0 Å². The van der Waals surface area contributed by atoms with Crippen LogP contribution < -0.4 is 0 Å². The van der Waals surface area contributed by atoms with Gasteiger partial charge in [-0.3, -0.25) is 0 Å². The molecule has 4 heterocycles. The second kappa shape index (κ2) is 5.13. The summed E-state index contributed by atoms with van der Waals surface area (Å²) in [6.07, 6.45) is 7.28. The van der Waals surface area contributed by atoms with Gasteiger partial charge in [-0.25, -0.2) is 0 Å². The van der Waals surface area contributed by atoms with Crippen LogP contribution in [0, 0.1) is 5.92 Å². The van der Waals surface area contributed by atoms with Crippen molar-refractivity contribution in [3.63, 3.8) is 0 Å². The number of piperidine rings is 3. The minimum absolute atomic E-state index is 1.11. The van der Waals surface area contributed by atoms with Crippen LogP contribution in [-0.2, 0) is 0 Å². The smallest absolute Gasteiger partial charge is 0.00161 e. The van der Waals surface area contributed by atoms with Crippen LogP contribution in [-0.4, -0.2) is 49.6 Å². The van der Waals surface area contributed by atoms with Gasteiger partial charge in [0.1, 0.15) is 0 Å². The van der Waals surface area contributed by atoms with E-state index in [1.54, 1.807) is 0 Å². The van der Waals surface area contributed by atoms with Crippen molar-refractivity contribution < 1.29 is 0 Å². The summed E-state index contributed by atoms with van der Waals surface area (Å²) < 4.78 is 0. The van der Waals surface area contributed by atoms with Gasteiger partial charge in [-0.05, 0) is 77.8 Å². The molecule has 0 spiro atoms. The van der Waals surface area contributed by atoms with Crippen molar-refractivity contribution in [1.82, 2.24) is 9.80 Å². The molecule has 2 heteroatoms. The van der Waals surface area contributed by atoms with Gasteiger partial charge in [0, 0.05) is 0 Å². The molecular weight excluding hydrogens is 172 g/mol. The maximum absolute atomic E-state index is 2.58. The minimum atomic E-state index is 1.11. The second-order valence-corrected chi connectivity index (χ2v) is 5.08. The van der Waals surface area contributed by atoms with Gasteiger partial charge in [0.25, 0.3) is 0 Å². The Morgan fingerprint density at radius 3 is 1.43 bits per heavy atom. The monoisotopic (exact) mass is 196 g/mol. The van der Waals surface area contributed by atoms with Crippen molar-refractivity contribution in [3.05, 3.63) is 0 Å². The van der Waals surface area contributed by atoms with Crippen LogP contribution in [0.2, 0.25) is 0 Å². The van der Waals surface area contributed by atoms with Gasteiger partial charge in [0.15, 0.2) is 0 Å². The molecule has 4 aliphatic rings. The van der Waals surface area contributed by atoms with Crippen molar-refractivity contribution >= 4 is 0 Å². The predicted molar refractivity (Wildman–Crippen MR) is 60.5 cm³/mol. The maximum Gasteiger partial charge on any atom is -0.00161 e. The quantitative estimate of drug-likeness (QED) is 0.583. The summed E-state index contributed by atoms with van der Waals surface area (Å²) in [7, 11) is 2.17. The Morgan fingerprint density at radius 1 is 0.786 bits per heavy atom. The Morgan fingerprint density at radius 2 is 1.29 bits per heavy atom. The lowest BCUT2D eigenvalue weighted by atomic mass is 9.89. The highest BCUT2D eigenvalue weighted by atomic mass is 15.1. The Kier molecular flexibility index (Phi) is 3.82. The molecule has 0 aromatic rings. The van der Waals surface area contributed by atoms with E-state index in [9.17, 15) is 0 Å². The fourth-order valence-electron chi connectivity index (χ4n) is 2.74. The molecule has 0 aliphatic carbocycles.